The van der Waals surface area contributed by atoms with E-state index in [0.29, 0.717) is 24.9 Å². The molecule has 0 atom stereocenters. The largest absolute Gasteiger partial charge is 0.378 e. The zero-order valence-electron chi connectivity index (χ0n) is 20.3. The number of anilines is 1. The summed E-state index contributed by atoms with van der Waals surface area (Å²) in [6.07, 6.45) is 1.68. The van der Waals surface area contributed by atoms with Crippen molar-refractivity contribution in [2.75, 3.05) is 38.3 Å². The van der Waals surface area contributed by atoms with Crippen LogP contribution >= 0.6 is 0 Å². The monoisotopic (exact) mass is 499 g/mol. The lowest BCUT2D eigenvalue weighted by molar-refractivity contribution is -0.130. The molecule has 35 heavy (non-hydrogen) atoms. The van der Waals surface area contributed by atoms with E-state index in [1.54, 1.807) is 11.0 Å². The Labute approximate surface area is 206 Å². The molecule has 0 saturated carbocycles. The maximum absolute atomic E-state index is 12.9. The van der Waals surface area contributed by atoms with Crippen LogP contribution in [0.15, 0.2) is 47.4 Å². The number of aryl methyl sites for hydroxylation is 2. The third-order valence-electron chi connectivity index (χ3n) is 6.30. The molecular weight excluding hydrogens is 466 g/mol. The number of carbonyl (C=O) groups is 1. The van der Waals surface area contributed by atoms with Gasteiger partial charge in [-0.15, -0.1) is 0 Å². The zero-order chi connectivity index (χ0) is 25.0. The van der Waals surface area contributed by atoms with Crippen LogP contribution in [0.1, 0.15) is 31.2 Å². The summed E-state index contributed by atoms with van der Waals surface area (Å²) in [5, 5.41) is 5.27. The molecule has 1 aliphatic rings. The van der Waals surface area contributed by atoms with E-state index in [-0.39, 0.29) is 10.8 Å². The molecule has 2 aromatic carbocycles. The molecule has 2 heterocycles. The molecule has 0 unspecified atom stereocenters. The van der Waals surface area contributed by atoms with Gasteiger partial charge in [0.2, 0.25) is 15.9 Å². The molecule has 3 aromatic rings. The van der Waals surface area contributed by atoms with E-state index in [2.05, 4.69) is 45.6 Å². The number of sulfonamides is 1. The van der Waals surface area contributed by atoms with Gasteiger partial charge in [0.1, 0.15) is 5.82 Å². The first-order chi connectivity index (χ1) is 16.8. The fourth-order valence-corrected chi connectivity index (χ4v) is 4.94. The van der Waals surface area contributed by atoms with Gasteiger partial charge in [-0.3, -0.25) is 4.79 Å². The number of morpholine rings is 1. The summed E-state index contributed by atoms with van der Waals surface area (Å²) in [5.74, 6) is 0.799. The Balaban J connectivity index is 1.40. The predicted molar refractivity (Wildman–Crippen MR) is 136 cm³/mol. The number of hydrogen-bond acceptors (Lipinski definition) is 6. The minimum atomic E-state index is -3.80. The highest BCUT2D eigenvalue weighted by molar-refractivity contribution is 7.89. The Morgan fingerprint density at radius 1 is 1.14 bits per heavy atom. The molecule has 0 spiro atoms. The zero-order valence-corrected chi connectivity index (χ0v) is 21.1. The van der Waals surface area contributed by atoms with Crippen molar-refractivity contribution < 1.29 is 17.9 Å². The summed E-state index contributed by atoms with van der Waals surface area (Å²) in [6.45, 7) is 6.62. The molecule has 1 amide bonds. The number of amides is 1. The van der Waals surface area contributed by atoms with E-state index >= 15 is 0 Å². The minimum absolute atomic E-state index is 0.0302. The van der Waals surface area contributed by atoms with E-state index in [0.717, 1.165) is 56.2 Å². The summed E-state index contributed by atoms with van der Waals surface area (Å²) in [7, 11) is -1.99. The molecule has 0 aliphatic carbocycles. The average Bonchev–Trinajstić information content (AvgIpc) is 3.20. The number of benzene rings is 2. The highest BCUT2D eigenvalue weighted by Gasteiger charge is 2.17. The Morgan fingerprint density at radius 3 is 2.51 bits per heavy atom. The Morgan fingerprint density at radius 2 is 1.86 bits per heavy atom. The first kappa shape index (κ1) is 25.2. The summed E-state index contributed by atoms with van der Waals surface area (Å²) in [6, 6.07) is 13.1. The summed E-state index contributed by atoms with van der Waals surface area (Å²) in [4.78, 5) is 21.6. The summed E-state index contributed by atoms with van der Waals surface area (Å²) in [5.41, 5.74) is 3.66. The van der Waals surface area contributed by atoms with Crippen molar-refractivity contribution in [1.82, 2.24) is 14.5 Å². The maximum Gasteiger partial charge on any atom is 0.238 e. The number of nitrogens with two attached hydrogens (primary N) is 1. The van der Waals surface area contributed by atoms with Crippen molar-refractivity contribution in [1.29, 1.82) is 0 Å². The average molecular weight is 500 g/mol. The number of imidazole rings is 1. The molecule has 1 fully saturated rings. The summed E-state index contributed by atoms with van der Waals surface area (Å²) >= 11 is 0. The van der Waals surface area contributed by atoms with Gasteiger partial charge >= 0.3 is 0 Å². The number of aromatic nitrogens is 2. The molecule has 0 radical (unpaired) electrons. The molecule has 10 heteroatoms. The highest BCUT2D eigenvalue weighted by atomic mass is 32.2. The van der Waals surface area contributed by atoms with Crippen LogP contribution in [-0.4, -0.2) is 62.1 Å². The number of hydrogen-bond donors (Lipinski definition) is 1. The number of primary sulfonamides is 1. The standard InChI is InChI=1S/C25H33N5O4S/c1-3-12-30-23-9-8-21(35(26,32)33)17-22(23)27-24(30)10-11-25(31)28(2)18-19-4-6-20(7-5-19)29-13-15-34-16-14-29/h4-9,17H,3,10-16,18H2,1-2H3,(H2,26,32,33). The van der Waals surface area contributed by atoms with Gasteiger partial charge < -0.3 is 19.1 Å². The van der Waals surface area contributed by atoms with Gasteiger partial charge in [-0.2, -0.15) is 0 Å². The molecule has 2 N–H and O–H groups in total. The first-order valence-corrected chi connectivity index (χ1v) is 13.5. The van der Waals surface area contributed by atoms with Gasteiger partial charge in [-0.05, 0) is 42.3 Å². The fraction of sp³-hybridized carbons (Fsp3) is 0.440. The van der Waals surface area contributed by atoms with Crippen LogP contribution in [0, 0.1) is 0 Å². The van der Waals surface area contributed by atoms with Gasteiger partial charge in [0.05, 0.1) is 29.1 Å². The molecular formula is C25H33N5O4S. The van der Waals surface area contributed by atoms with Crippen LogP contribution < -0.4 is 10.0 Å². The normalized spacial score (nSPS) is 14.4. The second kappa shape index (κ2) is 10.8. The first-order valence-electron chi connectivity index (χ1n) is 11.9. The van der Waals surface area contributed by atoms with Crippen molar-refractivity contribution in [2.24, 2.45) is 5.14 Å². The third kappa shape index (κ3) is 6.01. The van der Waals surface area contributed by atoms with Crippen molar-refractivity contribution in [3.8, 4) is 0 Å². The van der Waals surface area contributed by atoms with Crippen molar-refractivity contribution in [3.05, 3.63) is 53.9 Å². The molecule has 188 valence electrons. The van der Waals surface area contributed by atoms with Crippen LogP contribution in [0.4, 0.5) is 5.69 Å². The van der Waals surface area contributed by atoms with E-state index in [9.17, 15) is 13.2 Å². The lowest BCUT2D eigenvalue weighted by atomic mass is 10.1. The van der Waals surface area contributed by atoms with Crippen molar-refractivity contribution >= 4 is 32.7 Å². The smallest absolute Gasteiger partial charge is 0.238 e. The highest BCUT2D eigenvalue weighted by Crippen LogP contribution is 2.22. The number of ether oxygens (including phenoxy) is 1. The van der Waals surface area contributed by atoms with Crippen LogP contribution in [0.2, 0.25) is 0 Å². The topological polar surface area (TPSA) is 111 Å². The number of fused-ring (bicyclic) bond motifs is 1. The second-order valence-electron chi connectivity index (χ2n) is 8.89. The number of rotatable bonds is 9. The van der Waals surface area contributed by atoms with Gasteiger partial charge in [0.25, 0.3) is 0 Å². The van der Waals surface area contributed by atoms with Crippen LogP contribution in [0.5, 0.6) is 0 Å². The third-order valence-corrected chi connectivity index (χ3v) is 7.21. The molecule has 9 nitrogen and oxygen atoms in total. The van der Waals surface area contributed by atoms with Crippen LogP contribution in [0.25, 0.3) is 11.0 Å². The van der Waals surface area contributed by atoms with Crippen LogP contribution in [0.3, 0.4) is 0 Å². The lowest BCUT2D eigenvalue weighted by Gasteiger charge is -2.29. The number of carbonyl (C=O) groups excluding carboxylic acids is 1. The maximum atomic E-state index is 12.9. The van der Waals surface area contributed by atoms with Crippen molar-refractivity contribution in [3.63, 3.8) is 0 Å². The van der Waals surface area contributed by atoms with E-state index in [4.69, 9.17) is 9.88 Å². The van der Waals surface area contributed by atoms with E-state index < -0.39 is 10.0 Å². The molecule has 1 saturated heterocycles. The SMILES string of the molecule is CCCn1c(CCC(=O)N(C)Cc2ccc(N3CCOCC3)cc2)nc2cc(S(N)(=O)=O)ccc21. The van der Waals surface area contributed by atoms with Gasteiger partial charge in [-0.25, -0.2) is 18.5 Å². The number of nitrogens with zero attached hydrogens (tertiary/aromatic N) is 4. The van der Waals surface area contributed by atoms with E-state index in [1.165, 1.54) is 17.8 Å². The van der Waals surface area contributed by atoms with Gasteiger partial charge in [0, 0.05) is 51.8 Å². The van der Waals surface area contributed by atoms with E-state index in [1.807, 2.05) is 7.05 Å². The van der Waals surface area contributed by atoms with Gasteiger partial charge in [-0.1, -0.05) is 19.1 Å². The van der Waals surface area contributed by atoms with Crippen LogP contribution in [-0.2, 0) is 39.1 Å². The van der Waals surface area contributed by atoms with Gasteiger partial charge in [0.15, 0.2) is 0 Å². The fourth-order valence-electron chi connectivity index (χ4n) is 4.41. The Kier molecular flexibility index (Phi) is 7.73. The molecule has 1 aromatic heterocycles. The lowest BCUT2D eigenvalue weighted by Crippen LogP contribution is -2.36. The predicted octanol–water partition coefficient (Wildman–Crippen LogP) is 2.52. The molecule has 4 rings (SSSR count). The molecule has 1 aliphatic heterocycles. The van der Waals surface area contributed by atoms with Crippen molar-refractivity contribution in [2.45, 2.75) is 44.2 Å². The summed E-state index contributed by atoms with van der Waals surface area (Å²) < 4.78 is 30.9. The Bertz CT molecular complexity index is 1280. The minimum Gasteiger partial charge on any atom is -0.378 e. The Hall–Kier alpha value is -2.95. The molecule has 0 bridgehead atoms. The second-order valence-corrected chi connectivity index (χ2v) is 10.5. The quantitative estimate of drug-likeness (QED) is 0.484.